The SMILES string of the molecule is CCCc1c(C#N)ccc(NC(=Nc2ccccc2Cl)NC#N)c1O. The normalized spacial score (nSPS) is 10.6. The van der Waals surface area contributed by atoms with Crippen molar-refractivity contribution in [3.05, 3.63) is 52.5 Å². The van der Waals surface area contributed by atoms with Gasteiger partial charge in [-0.2, -0.15) is 10.5 Å². The van der Waals surface area contributed by atoms with Crippen LogP contribution in [0.5, 0.6) is 5.75 Å². The Morgan fingerprint density at radius 1 is 1.24 bits per heavy atom. The quantitative estimate of drug-likeness (QED) is 0.253. The average Bonchev–Trinajstić information content (AvgIpc) is 2.61. The van der Waals surface area contributed by atoms with Crippen molar-refractivity contribution >= 4 is 28.9 Å². The smallest absolute Gasteiger partial charge is 0.214 e. The van der Waals surface area contributed by atoms with E-state index in [-0.39, 0.29) is 11.7 Å². The van der Waals surface area contributed by atoms with Gasteiger partial charge in [0.2, 0.25) is 5.96 Å². The number of hydrogen-bond acceptors (Lipinski definition) is 4. The van der Waals surface area contributed by atoms with Gasteiger partial charge in [0, 0.05) is 5.56 Å². The summed E-state index contributed by atoms with van der Waals surface area (Å²) in [5.41, 5.74) is 1.79. The molecule has 0 aromatic heterocycles. The molecule has 0 fully saturated rings. The van der Waals surface area contributed by atoms with Crippen LogP contribution in [0.2, 0.25) is 5.02 Å². The van der Waals surface area contributed by atoms with Crippen molar-refractivity contribution in [2.45, 2.75) is 19.8 Å². The Kier molecular flexibility index (Phi) is 6.22. The van der Waals surface area contributed by atoms with Gasteiger partial charge in [-0.1, -0.05) is 37.1 Å². The van der Waals surface area contributed by atoms with Gasteiger partial charge in [-0.3, -0.25) is 5.32 Å². The van der Waals surface area contributed by atoms with E-state index in [0.717, 1.165) is 6.42 Å². The fourth-order valence-corrected chi connectivity index (χ4v) is 2.45. The third kappa shape index (κ3) is 4.41. The van der Waals surface area contributed by atoms with Gasteiger partial charge in [-0.25, -0.2) is 4.99 Å². The first kappa shape index (κ1) is 18.1. The molecule has 3 N–H and O–H groups in total. The van der Waals surface area contributed by atoms with Gasteiger partial charge in [0.25, 0.3) is 0 Å². The van der Waals surface area contributed by atoms with Crippen LogP contribution in [0.3, 0.4) is 0 Å². The summed E-state index contributed by atoms with van der Waals surface area (Å²) in [6.45, 7) is 1.96. The Morgan fingerprint density at radius 2 is 2.00 bits per heavy atom. The van der Waals surface area contributed by atoms with Crippen molar-refractivity contribution in [2.75, 3.05) is 5.32 Å². The molecule has 0 heterocycles. The molecule has 0 amide bonds. The van der Waals surface area contributed by atoms with Crippen molar-refractivity contribution in [2.24, 2.45) is 4.99 Å². The second kappa shape index (κ2) is 8.58. The first-order valence-corrected chi connectivity index (χ1v) is 7.98. The van der Waals surface area contributed by atoms with E-state index in [0.29, 0.717) is 33.9 Å². The van der Waals surface area contributed by atoms with Crippen LogP contribution in [-0.2, 0) is 6.42 Å². The van der Waals surface area contributed by atoms with E-state index >= 15 is 0 Å². The maximum Gasteiger partial charge on any atom is 0.214 e. The van der Waals surface area contributed by atoms with Crippen molar-refractivity contribution in [1.82, 2.24) is 5.32 Å². The number of phenols is 1. The van der Waals surface area contributed by atoms with Crippen LogP contribution < -0.4 is 10.6 Å². The Labute approximate surface area is 151 Å². The molecule has 0 bridgehead atoms. The van der Waals surface area contributed by atoms with Crippen LogP contribution in [0.15, 0.2) is 41.4 Å². The number of nitrogens with zero attached hydrogens (tertiary/aromatic N) is 3. The van der Waals surface area contributed by atoms with Crippen LogP contribution >= 0.6 is 11.6 Å². The molecule has 2 rings (SSSR count). The molecule has 0 saturated carbocycles. The molecule has 2 aromatic carbocycles. The van der Waals surface area contributed by atoms with E-state index in [4.69, 9.17) is 16.9 Å². The fraction of sp³-hybridized carbons (Fsp3) is 0.167. The van der Waals surface area contributed by atoms with E-state index in [2.05, 4.69) is 21.7 Å². The number of rotatable bonds is 4. The summed E-state index contributed by atoms with van der Waals surface area (Å²) >= 11 is 6.08. The molecule has 0 atom stereocenters. The molecule has 0 aliphatic carbocycles. The standard InChI is InChI=1S/C18H16ClN5O/c1-2-5-13-12(10-20)8-9-16(17(13)25)24-18(22-11-21)23-15-7-4-3-6-14(15)19/h3-4,6-9,25H,2,5H2,1H3,(H2,22,23,24). The summed E-state index contributed by atoms with van der Waals surface area (Å²) in [6, 6.07) is 12.2. The zero-order valence-corrected chi connectivity index (χ0v) is 14.3. The molecule has 25 heavy (non-hydrogen) atoms. The summed E-state index contributed by atoms with van der Waals surface area (Å²) in [5, 5.41) is 34.3. The van der Waals surface area contributed by atoms with E-state index in [1.807, 2.05) is 6.92 Å². The largest absolute Gasteiger partial charge is 0.505 e. The predicted octanol–water partition coefficient (Wildman–Crippen LogP) is 4.04. The minimum Gasteiger partial charge on any atom is -0.505 e. The number of aliphatic imine (C=N–C) groups is 1. The van der Waals surface area contributed by atoms with Crippen molar-refractivity contribution in [3.8, 4) is 18.0 Å². The number of halogens is 1. The van der Waals surface area contributed by atoms with Gasteiger partial charge in [-0.15, -0.1) is 0 Å². The number of guanidine groups is 1. The van der Waals surface area contributed by atoms with Crippen molar-refractivity contribution < 1.29 is 5.11 Å². The molecule has 0 saturated heterocycles. The van der Waals surface area contributed by atoms with Crippen LogP contribution in [0, 0.1) is 22.8 Å². The lowest BCUT2D eigenvalue weighted by molar-refractivity contribution is 0.470. The van der Waals surface area contributed by atoms with Crippen molar-refractivity contribution in [1.29, 1.82) is 10.5 Å². The topological polar surface area (TPSA) is 104 Å². The zero-order chi connectivity index (χ0) is 18.2. The number of para-hydroxylation sites is 1. The monoisotopic (exact) mass is 353 g/mol. The highest BCUT2D eigenvalue weighted by Gasteiger charge is 2.13. The van der Waals surface area contributed by atoms with Gasteiger partial charge < -0.3 is 10.4 Å². The molecular formula is C18H16ClN5O. The lowest BCUT2D eigenvalue weighted by atomic mass is 10.0. The van der Waals surface area contributed by atoms with Gasteiger partial charge in [-0.05, 0) is 30.7 Å². The minimum atomic E-state index is -0.0347. The molecule has 0 unspecified atom stereocenters. The average molecular weight is 354 g/mol. The Balaban J connectivity index is 2.41. The van der Waals surface area contributed by atoms with E-state index in [9.17, 15) is 10.4 Å². The molecule has 0 aliphatic heterocycles. The lowest BCUT2D eigenvalue weighted by Gasteiger charge is -2.13. The van der Waals surface area contributed by atoms with Gasteiger partial charge in [0.15, 0.2) is 6.19 Å². The van der Waals surface area contributed by atoms with Crippen LogP contribution in [0.4, 0.5) is 11.4 Å². The number of hydrogen-bond donors (Lipinski definition) is 3. The third-order valence-electron chi connectivity index (χ3n) is 3.42. The highest BCUT2D eigenvalue weighted by molar-refractivity contribution is 6.33. The van der Waals surface area contributed by atoms with E-state index in [1.165, 1.54) is 0 Å². The van der Waals surface area contributed by atoms with Crippen LogP contribution in [0.1, 0.15) is 24.5 Å². The lowest BCUT2D eigenvalue weighted by Crippen LogP contribution is -2.26. The number of phenolic OH excluding ortho intramolecular Hbond substituents is 1. The highest BCUT2D eigenvalue weighted by Crippen LogP contribution is 2.32. The summed E-state index contributed by atoms with van der Waals surface area (Å²) in [5.74, 6) is 0.0746. The molecule has 126 valence electrons. The number of aromatic hydroxyl groups is 1. The molecule has 0 aliphatic rings. The molecule has 6 nitrogen and oxygen atoms in total. The molecule has 0 spiro atoms. The second-order valence-corrected chi connectivity index (χ2v) is 5.53. The fourth-order valence-electron chi connectivity index (χ4n) is 2.28. The Hall–Kier alpha value is -3.22. The summed E-state index contributed by atoms with van der Waals surface area (Å²) in [6.07, 6.45) is 3.13. The van der Waals surface area contributed by atoms with Gasteiger partial charge >= 0.3 is 0 Å². The van der Waals surface area contributed by atoms with Crippen molar-refractivity contribution in [3.63, 3.8) is 0 Å². The highest BCUT2D eigenvalue weighted by atomic mass is 35.5. The van der Waals surface area contributed by atoms with Crippen LogP contribution in [-0.4, -0.2) is 11.1 Å². The maximum atomic E-state index is 10.5. The predicted molar refractivity (Wildman–Crippen MR) is 97.7 cm³/mol. The number of nitrogens with one attached hydrogen (secondary N) is 2. The third-order valence-corrected chi connectivity index (χ3v) is 3.73. The Bertz CT molecular complexity index is 880. The molecule has 0 radical (unpaired) electrons. The van der Waals surface area contributed by atoms with Crippen LogP contribution in [0.25, 0.3) is 0 Å². The summed E-state index contributed by atoms with van der Waals surface area (Å²) < 4.78 is 0. The first-order chi connectivity index (χ1) is 12.1. The number of anilines is 1. The first-order valence-electron chi connectivity index (χ1n) is 7.61. The number of nitriles is 2. The van der Waals surface area contributed by atoms with Gasteiger partial charge in [0.1, 0.15) is 5.75 Å². The summed E-state index contributed by atoms with van der Waals surface area (Å²) in [7, 11) is 0. The molecular weight excluding hydrogens is 338 g/mol. The van der Waals surface area contributed by atoms with Gasteiger partial charge in [0.05, 0.1) is 28.0 Å². The Morgan fingerprint density at radius 3 is 2.64 bits per heavy atom. The second-order valence-electron chi connectivity index (χ2n) is 5.12. The maximum absolute atomic E-state index is 10.5. The summed E-state index contributed by atoms with van der Waals surface area (Å²) in [4.78, 5) is 4.27. The number of benzene rings is 2. The molecule has 2 aromatic rings. The zero-order valence-electron chi connectivity index (χ0n) is 13.5. The van der Waals surface area contributed by atoms with E-state index in [1.54, 1.807) is 42.6 Å². The van der Waals surface area contributed by atoms with E-state index < -0.39 is 0 Å². The minimum absolute atomic E-state index is 0.0347. The molecule has 7 heteroatoms.